The van der Waals surface area contributed by atoms with E-state index in [0.29, 0.717) is 17.7 Å². The zero-order valence-corrected chi connectivity index (χ0v) is 8.45. The Kier molecular flexibility index (Phi) is 1.83. The molecule has 1 aliphatic rings. The summed E-state index contributed by atoms with van der Waals surface area (Å²) >= 11 is 0. The molecule has 0 amide bonds. The molecule has 1 aromatic carbocycles. The van der Waals surface area contributed by atoms with Crippen molar-refractivity contribution < 1.29 is 4.42 Å². The first-order valence-corrected chi connectivity index (χ1v) is 5.10. The highest BCUT2D eigenvalue weighted by Gasteiger charge is 2.20. The van der Waals surface area contributed by atoms with Crippen LogP contribution < -0.4 is 11.3 Å². The molecule has 1 aromatic heterocycles. The van der Waals surface area contributed by atoms with Gasteiger partial charge in [0, 0.05) is 5.56 Å². The molecule has 1 N–H and O–H groups in total. The van der Waals surface area contributed by atoms with E-state index in [1.54, 1.807) is 0 Å². The van der Waals surface area contributed by atoms with Crippen molar-refractivity contribution in [3.8, 4) is 11.3 Å². The third kappa shape index (κ3) is 1.23. The monoisotopic (exact) mass is 215 g/mol. The van der Waals surface area contributed by atoms with E-state index in [9.17, 15) is 9.59 Å². The van der Waals surface area contributed by atoms with Crippen LogP contribution in [-0.4, -0.2) is 4.98 Å². The van der Waals surface area contributed by atoms with Gasteiger partial charge in [0.05, 0.1) is 5.56 Å². The molecule has 0 spiro atoms. The number of fused-ring (bicyclic) bond motifs is 3. The van der Waals surface area contributed by atoms with Crippen LogP contribution in [0.3, 0.4) is 0 Å². The number of aryl methyl sites for hydroxylation is 1. The summed E-state index contributed by atoms with van der Waals surface area (Å²) < 4.78 is 5.10. The second-order valence-corrected chi connectivity index (χ2v) is 3.81. The molecule has 0 aliphatic heterocycles. The van der Waals surface area contributed by atoms with Gasteiger partial charge in [-0.3, -0.25) is 9.78 Å². The highest BCUT2D eigenvalue weighted by molar-refractivity contribution is 5.67. The average Bonchev–Trinajstić information content (AvgIpc) is 2.28. The first-order valence-electron chi connectivity index (χ1n) is 5.10. The minimum Gasteiger partial charge on any atom is -0.409 e. The summed E-state index contributed by atoms with van der Waals surface area (Å²) in [5.74, 6) is -0.268. The highest BCUT2D eigenvalue weighted by atomic mass is 16.4. The molecule has 0 saturated heterocycles. The van der Waals surface area contributed by atoms with Gasteiger partial charge < -0.3 is 4.42 Å². The fraction of sp³-hybridized carbons (Fsp3) is 0.167. The van der Waals surface area contributed by atoms with E-state index in [-0.39, 0.29) is 5.56 Å². The van der Waals surface area contributed by atoms with Gasteiger partial charge in [0.1, 0.15) is 5.76 Å². The second-order valence-electron chi connectivity index (χ2n) is 3.81. The van der Waals surface area contributed by atoms with Crippen LogP contribution in [-0.2, 0) is 12.8 Å². The number of rotatable bonds is 0. The maximum Gasteiger partial charge on any atom is 0.419 e. The number of hydrogen-bond acceptors (Lipinski definition) is 3. The van der Waals surface area contributed by atoms with Crippen LogP contribution in [0.5, 0.6) is 0 Å². The molecule has 0 fully saturated rings. The van der Waals surface area contributed by atoms with Gasteiger partial charge in [-0.25, -0.2) is 4.79 Å². The second kappa shape index (κ2) is 3.20. The van der Waals surface area contributed by atoms with Crippen LogP contribution in [0.1, 0.15) is 11.1 Å². The Bertz CT molecular complexity index is 666. The van der Waals surface area contributed by atoms with Crippen LogP contribution in [0.15, 0.2) is 38.3 Å². The maximum absolute atomic E-state index is 11.6. The van der Waals surface area contributed by atoms with E-state index < -0.39 is 5.76 Å². The van der Waals surface area contributed by atoms with Crippen LogP contribution in [0.2, 0.25) is 0 Å². The Labute approximate surface area is 90.6 Å². The van der Waals surface area contributed by atoms with Crippen molar-refractivity contribution in [3.63, 3.8) is 0 Å². The minimum absolute atomic E-state index is 0.333. The van der Waals surface area contributed by atoms with Gasteiger partial charge >= 0.3 is 5.76 Å². The minimum atomic E-state index is -0.694. The van der Waals surface area contributed by atoms with E-state index in [1.165, 1.54) is 0 Å². The third-order valence-electron chi connectivity index (χ3n) is 2.86. The molecular formula is C12H9NO3. The van der Waals surface area contributed by atoms with Gasteiger partial charge in [0.25, 0.3) is 5.56 Å². The Hall–Kier alpha value is -2.10. The van der Waals surface area contributed by atoms with Crippen LogP contribution in [0.4, 0.5) is 0 Å². The van der Waals surface area contributed by atoms with Crippen molar-refractivity contribution in [3.05, 3.63) is 56.3 Å². The Balaban J connectivity index is 2.40. The molecule has 0 unspecified atom stereocenters. The highest BCUT2D eigenvalue weighted by Crippen LogP contribution is 2.30. The fourth-order valence-corrected chi connectivity index (χ4v) is 2.12. The smallest absolute Gasteiger partial charge is 0.409 e. The number of aromatic amines is 1. The molecule has 2 aromatic rings. The standard InChI is InChI=1S/C12H9NO3/c14-11-9-6-5-7-3-1-2-4-8(7)10(9)16-12(15)13-11/h1-4H,5-6H2,(H,13,14,15). The molecule has 4 nitrogen and oxygen atoms in total. The van der Waals surface area contributed by atoms with Crippen molar-refractivity contribution in [2.45, 2.75) is 12.8 Å². The van der Waals surface area contributed by atoms with E-state index in [2.05, 4.69) is 4.98 Å². The number of benzene rings is 1. The predicted molar refractivity (Wildman–Crippen MR) is 58.4 cm³/mol. The molecule has 4 heteroatoms. The van der Waals surface area contributed by atoms with Crippen molar-refractivity contribution in [1.82, 2.24) is 4.98 Å². The summed E-state index contributed by atoms with van der Waals surface area (Å²) in [5.41, 5.74) is 2.20. The third-order valence-corrected chi connectivity index (χ3v) is 2.86. The first-order chi connectivity index (χ1) is 7.75. The van der Waals surface area contributed by atoms with Crippen LogP contribution in [0.25, 0.3) is 11.3 Å². The van der Waals surface area contributed by atoms with Gasteiger partial charge in [0.15, 0.2) is 0 Å². The predicted octanol–water partition coefficient (Wildman–Crippen LogP) is 1.09. The lowest BCUT2D eigenvalue weighted by molar-refractivity contribution is 0.482. The van der Waals surface area contributed by atoms with Crippen molar-refractivity contribution in [1.29, 1.82) is 0 Å². The van der Waals surface area contributed by atoms with Gasteiger partial charge in [-0.2, -0.15) is 0 Å². The maximum atomic E-state index is 11.6. The molecule has 80 valence electrons. The summed E-state index contributed by atoms with van der Waals surface area (Å²) in [6, 6.07) is 7.67. The van der Waals surface area contributed by atoms with Gasteiger partial charge in [-0.1, -0.05) is 24.3 Å². The van der Waals surface area contributed by atoms with Crippen molar-refractivity contribution >= 4 is 0 Å². The van der Waals surface area contributed by atoms with Crippen LogP contribution >= 0.6 is 0 Å². The number of nitrogens with one attached hydrogen (secondary N) is 1. The van der Waals surface area contributed by atoms with E-state index in [1.807, 2.05) is 24.3 Å². The Morgan fingerprint density at radius 3 is 2.81 bits per heavy atom. The molecule has 0 saturated carbocycles. The lowest BCUT2D eigenvalue weighted by Crippen LogP contribution is -2.25. The van der Waals surface area contributed by atoms with Gasteiger partial charge in [0.2, 0.25) is 0 Å². The normalized spacial score (nSPS) is 13.0. The van der Waals surface area contributed by atoms with Gasteiger partial charge in [-0.05, 0) is 18.4 Å². The topological polar surface area (TPSA) is 63.1 Å². The summed E-state index contributed by atoms with van der Waals surface area (Å²) in [7, 11) is 0. The molecule has 0 bridgehead atoms. The van der Waals surface area contributed by atoms with E-state index in [0.717, 1.165) is 17.5 Å². The molecule has 0 atom stereocenters. The molecule has 1 heterocycles. The van der Waals surface area contributed by atoms with E-state index >= 15 is 0 Å². The first kappa shape index (κ1) is 9.15. The average molecular weight is 215 g/mol. The molecule has 16 heavy (non-hydrogen) atoms. The molecule has 3 rings (SSSR count). The Morgan fingerprint density at radius 2 is 1.94 bits per heavy atom. The van der Waals surface area contributed by atoms with E-state index in [4.69, 9.17) is 4.42 Å². The molecule has 0 radical (unpaired) electrons. The number of H-pyrrole nitrogens is 1. The molecular weight excluding hydrogens is 206 g/mol. The Morgan fingerprint density at radius 1 is 1.12 bits per heavy atom. The summed E-state index contributed by atoms with van der Waals surface area (Å²) in [5, 5.41) is 0. The fourth-order valence-electron chi connectivity index (χ4n) is 2.12. The number of aromatic nitrogens is 1. The summed E-state index contributed by atoms with van der Waals surface area (Å²) in [6.45, 7) is 0. The lowest BCUT2D eigenvalue weighted by Gasteiger charge is -2.16. The lowest BCUT2D eigenvalue weighted by atomic mass is 9.91. The van der Waals surface area contributed by atoms with Crippen molar-refractivity contribution in [2.24, 2.45) is 0 Å². The SMILES string of the molecule is O=c1[nH]c(=O)c2c(o1)-c1ccccc1CC2. The van der Waals surface area contributed by atoms with Crippen LogP contribution in [0, 0.1) is 0 Å². The summed E-state index contributed by atoms with van der Waals surface area (Å²) in [4.78, 5) is 24.9. The zero-order valence-electron chi connectivity index (χ0n) is 8.45. The van der Waals surface area contributed by atoms with Crippen molar-refractivity contribution in [2.75, 3.05) is 0 Å². The zero-order chi connectivity index (χ0) is 11.1. The summed E-state index contributed by atoms with van der Waals surface area (Å²) in [6.07, 6.45) is 1.42. The van der Waals surface area contributed by atoms with Gasteiger partial charge in [-0.15, -0.1) is 0 Å². The quantitative estimate of drug-likeness (QED) is 0.715. The largest absolute Gasteiger partial charge is 0.419 e. The molecule has 1 aliphatic carbocycles. The number of hydrogen-bond donors (Lipinski definition) is 1.